The summed E-state index contributed by atoms with van der Waals surface area (Å²) < 4.78 is 10.7. The van der Waals surface area contributed by atoms with E-state index in [-0.39, 0.29) is 18.0 Å². The largest absolute Gasteiger partial charge is 0.463 e. The van der Waals surface area contributed by atoms with Crippen LogP contribution in [-0.2, 0) is 20.7 Å². The van der Waals surface area contributed by atoms with Gasteiger partial charge in [0.2, 0.25) is 0 Å². The molecule has 0 aliphatic rings. The van der Waals surface area contributed by atoms with Crippen LogP contribution < -0.4 is 4.74 Å². The number of rotatable bonds is 18. The number of carbonyl (C=O) groups excluding carboxylic acids is 2. The van der Waals surface area contributed by atoms with Crippen molar-refractivity contribution in [2.45, 2.75) is 103 Å². The Morgan fingerprint density at radius 1 is 0.917 bits per heavy atom. The second-order valence-corrected chi connectivity index (χ2v) is 9.26. The summed E-state index contributed by atoms with van der Waals surface area (Å²) >= 11 is 0. The van der Waals surface area contributed by atoms with Gasteiger partial charge < -0.3 is 9.47 Å². The molecule has 2 rings (SSSR count). The van der Waals surface area contributed by atoms with Gasteiger partial charge in [-0.25, -0.2) is 9.97 Å². The Hall–Kier alpha value is -3.02. The van der Waals surface area contributed by atoms with Crippen molar-refractivity contribution in [2.75, 3.05) is 0 Å². The first-order valence-electron chi connectivity index (χ1n) is 13.4. The topological polar surface area (TPSA) is 78.4 Å². The molecule has 0 saturated heterocycles. The fourth-order valence-corrected chi connectivity index (χ4v) is 3.91. The number of aryl methyl sites for hydroxylation is 1. The molecule has 0 aliphatic carbocycles. The van der Waals surface area contributed by atoms with Gasteiger partial charge in [-0.2, -0.15) is 0 Å². The normalized spacial score (nSPS) is 11.6. The fourth-order valence-electron chi connectivity index (χ4n) is 3.91. The SMILES string of the molecule is C=CCCCCCCCCC(=O)Oc1cnc(-c2ccc(CCCCC(C)OC(=O)CC)cc2)nc1. The highest BCUT2D eigenvalue weighted by atomic mass is 16.5. The Balaban J connectivity index is 1.67. The molecule has 1 aromatic heterocycles. The van der Waals surface area contributed by atoms with Crippen LogP contribution in [0.3, 0.4) is 0 Å². The second-order valence-electron chi connectivity index (χ2n) is 9.26. The van der Waals surface area contributed by atoms with Crippen molar-refractivity contribution in [1.29, 1.82) is 0 Å². The zero-order chi connectivity index (χ0) is 26.0. The Morgan fingerprint density at radius 3 is 2.25 bits per heavy atom. The van der Waals surface area contributed by atoms with Gasteiger partial charge in [-0.3, -0.25) is 9.59 Å². The summed E-state index contributed by atoms with van der Waals surface area (Å²) in [7, 11) is 0. The molecule has 1 heterocycles. The van der Waals surface area contributed by atoms with Crippen molar-refractivity contribution in [2.24, 2.45) is 0 Å². The lowest BCUT2D eigenvalue weighted by molar-refractivity contribution is -0.148. The molecule has 1 unspecified atom stereocenters. The number of hydrogen-bond acceptors (Lipinski definition) is 6. The average molecular weight is 495 g/mol. The monoisotopic (exact) mass is 494 g/mol. The quantitative estimate of drug-likeness (QED) is 0.122. The number of nitrogens with zero attached hydrogens (tertiary/aromatic N) is 2. The number of aromatic nitrogens is 2. The van der Waals surface area contributed by atoms with Crippen LogP contribution in [0.1, 0.15) is 96.5 Å². The number of hydrogen-bond donors (Lipinski definition) is 0. The Kier molecular flexibility index (Phi) is 14.1. The van der Waals surface area contributed by atoms with Crippen molar-refractivity contribution < 1.29 is 19.1 Å². The zero-order valence-corrected chi connectivity index (χ0v) is 22.0. The van der Waals surface area contributed by atoms with Crippen LogP contribution >= 0.6 is 0 Å². The van der Waals surface area contributed by atoms with Gasteiger partial charge in [0.1, 0.15) is 0 Å². The Morgan fingerprint density at radius 2 is 1.58 bits per heavy atom. The summed E-state index contributed by atoms with van der Waals surface area (Å²) in [6.45, 7) is 7.50. The van der Waals surface area contributed by atoms with Crippen LogP contribution in [0.5, 0.6) is 5.75 Å². The van der Waals surface area contributed by atoms with E-state index < -0.39 is 0 Å². The molecule has 0 radical (unpaired) electrons. The molecule has 1 atom stereocenters. The second kappa shape index (κ2) is 17.4. The first-order chi connectivity index (χ1) is 17.5. The molecule has 0 bridgehead atoms. The summed E-state index contributed by atoms with van der Waals surface area (Å²) in [6.07, 6.45) is 17.5. The van der Waals surface area contributed by atoms with Crippen molar-refractivity contribution in [3.63, 3.8) is 0 Å². The van der Waals surface area contributed by atoms with Crippen LogP contribution in [0, 0.1) is 0 Å². The molecule has 0 N–H and O–H groups in total. The molecular weight excluding hydrogens is 452 g/mol. The molecule has 6 nitrogen and oxygen atoms in total. The summed E-state index contributed by atoms with van der Waals surface area (Å²) in [4.78, 5) is 32.1. The molecule has 196 valence electrons. The fraction of sp³-hybridized carbons (Fsp3) is 0.533. The molecule has 36 heavy (non-hydrogen) atoms. The van der Waals surface area contributed by atoms with Crippen LogP contribution in [0.4, 0.5) is 0 Å². The molecule has 0 aliphatic heterocycles. The molecule has 2 aromatic rings. The molecule has 0 fully saturated rings. The minimum Gasteiger partial charge on any atom is -0.463 e. The van der Waals surface area contributed by atoms with Crippen molar-refractivity contribution >= 4 is 11.9 Å². The Labute approximate surface area is 216 Å². The van der Waals surface area contributed by atoms with Gasteiger partial charge >= 0.3 is 11.9 Å². The number of esters is 2. The lowest BCUT2D eigenvalue weighted by Gasteiger charge is -2.12. The molecule has 0 saturated carbocycles. The van der Waals surface area contributed by atoms with E-state index in [0.29, 0.717) is 24.4 Å². The first-order valence-corrected chi connectivity index (χ1v) is 13.4. The predicted octanol–water partition coefficient (Wildman–Crippen LogP) is 7.41. The molecule has 0 amide bonds. The van der Waals surface area contributed by atoms with Crippen LogP contribution in [0.2, 0.25) is 0 Å². The van der Waals surface area contributed by atoms with E-state index in [1.165, 1.54) is 24.8 Å². The van der Waals surface area contributed by atoms with E-state index in [1.807, 2.05) is 32.1 Å². The lowest BCUT2D eigenvalue weighted by Crippen LogP contribution is -2.13. The first kappa shape index (κ1) is 29.2. The van der Waals surface area contributed by atoms with E-state index >= 15 is 0 Å². The highest BCUT2D eigenvalue weighted by Crippen LogP contribution is 2.19. The molecule has 1 aromatic carbocycles. The third-order valence-electron chi connectivity index (χ3n) is 6.06. The van der Waals surface area contributed by atoms with Crippen molar-refractivity contribution in [3.8, 4) is 17.1 Å². The standard InChI is InChI=1S/C30H42N2O4/c1-4-6-7-8-9-10-11-12-17-29(34)36-27-22-31-30(32-23-27)26-20-18-25(19-21-26)16-14-13-15-24(3)35-28(33)5-2/h4,18-24H,1,5-17H2,2-3H3. The highest BCUT2D eigenvalue weighted by Gasteiger charge is 2.09. The van der Waals surface area contributed by atoms with Gasteiger partial charge in [0.25, 0.3) is 0 Å². The zero-order valence-electron chi connectivity index (χ0n) is 22.0. The predicted molar refractivity (Wildman–Crippen MR) is 144 cm³/mol. The van der Waals surface area contributed by atoms with E-state index in [1.54, 1.807) is 12.4 Å². The van der Waals surface area contributed by atoms with Gasteiger partial charge in [0, 0.05) is 18.4 Å². The van der Waals surface area contributed by atoms with E-state index in [4.69, 9.17) is 9.47 Å². The van der Waals surface area contributed by atoms with Gasteiger partial charge in [-0.15, -0.1) is 6.58 Å². The molecular formula is C30H42N2O4. The number of unbranched alkanes of at least 4 members (excludes halogenated alkanes) is 7. The number of allylic oxidation sites excluding steroid dienone is 1. The number of carbonyl (C=O) groups is 2. The maximum atomic E-state index is 12.1. The number of benzene rings is 1. The van der Waals surface area contributed by atoms with Crippen LogP contribution in [0.15, 0.2) is 49.3 Å². The van der Waals surface area contributed by atoms with Gasteiger partial charge in [0.15, 0.2) is 11.6 Å². The summed E-state index contributed by atoms with van der Waals surface area (Å²) in [5.41, 5.74) is 2.17. The van der Waals surface area contributed by atoms with Crippen LogP contribution in [-0.4, -0.2) is 28.0 Å². The third-order valence-corrected chi connectivity index (χ3v) is 6.06. The van der Waals surface area contributed by atoms with E-state index in [2.05, 4.69) is 28.7 Å². The van der Waals surface area contributed by atoms with Crippen molar-refractivity contribution in [1.82, 2.24) is 9.97 Å². The number of ether oxygens (including phenoxy) is 2. The lowest BCUT2D eigenvalue weighted by atomic mass is 10.0. The van der Waals surface area contributed by atoms with E-state index in [9.17, 15) is 9.59 Å². The minimum absolute atomic E-state index is 0.0262. The average Bonchev–Trinajstić information content (AvgIpc) is 2.89. The molecule has 0 spiro atoms. The minimum atomic E-state index is -0.236. The summed E-state index contributed by atoms with van der Waals surface area (Å²) in [6, 6.07) is 8.21. The van der Waals surface area contributed by atoms with Crippen molar-refractivity contribution in [3.05, 3.63) is 54.9 Å². The Bertz CT molecular complexity index is 910. The summed E-state index contributed by atoms with van der Waals surface area (Å²) in [5, 5.41) is 0. The van der Waals surface area contributed by atoms with E-state index in [0.717, 1.165) is 56.9 Å². The third kappa shape index (κ3) is 12.1. The smallest absolute Gasteiger partial charge is 0.311 e. The summed E-state index contributed by atoms with van der Waals surface area (Å²) in [5.74, 6) is 0.608. The van der Waals surface area contributed by atoms with Gasteiger partial charge in [-0.1, -0.05) is 62.9 Å². The maximum Gasteiger partial charge on any atom is 0.311 e. The van der Waals surface area contributed by atoms with Gasteiger partial charge in [-0.05, 0) is 57.4 Å². The molecule has 6 heteroatoms. The van der Waals surface area contributed by atoms with Crippen LogP contribution in [0.25, 0.3) is 11.4 Å². The highest BCUT2D eigenvalue weighted by molar-refractivity contribution is 5.72. The maximum absolute atomic E-state index is 12.1. The van der Waals surface area contributed by atoms with Gasteiger partial charge in [0.05, 0.1) is 18.5 Å².